The fourth-order valence-electron chi connectivity index (χ4n) is 2.99. The van der Waals surface area contributed by atoms with E-state index in [1.54, 1.807) is 6.33 Å². The summed E-state index contributed by atoms with van der Waals surface area (Å²) in [6.45, 7) is 9.76. The summed E-state index contributed by atoms with van der Waals surface area (Å²) in [5.41, 5.74) is 1.27. The van der Waals surface area contributed by atoms with Gasteiger partial charge in [0.2, 0.25) is 0 Å². The largest absolute Gasteiger partial charge is 0.370 e. The van der Waals surface area contributed by atoms with Crippen LogP contribution in [-0.2, 0) is 6.42 Å². The van der Waals surface area contributed by atoms with Gasteiger partial charge in [-0.25, -0.2) is 9.97 Å². The fourth-order valence-corrected chi connectivity index (χ4v) is 2.99. The van der Waals surface area contributed by atoms with Gasteiger partial charge in [0.1, 0.15) is 18.0 Å². The van der Waals surface area contributed by atoms with Crippen molar-refractivity contribution in [3.05, 3.63) is 11.9 Å². The molecule has 1 aliphatic heterocycles. The second-order valence-electron chi connectivity index (χ2n) is 5.30. The molecule has 0 bridgehead atoms. The molecule has 0 radical (unpaired) electrons. The number of nitrogens with one attached hydrogen (secondary N) is 1. The molecule has 0 spiro atoms. The van der Waals surface area contributed by atoms with E-state index in [0.29, 0.717) is 0 Å². The van der Waals surface area contributed by atoms with E-state index in [1.807, 2.05) is 0 Å². The van der Waals surface area contributed by atoms with Crippen LogP contribution in [0.3, 0.4) is 0 Å². The van der Waals surface area contributed by atoms with Gasteiger partial charge in [-0.1, -0.05) is 20.3 Å². The molecule has 1 aromatic heterocycles. The van der Waals surface area contributed by atoms with E-state index in [-0.39, 0.29) is 0 Å². The number of aromatic nitrogens is 2. The third-order valence-corrected chi connectivity index (χ3v) is 3.90. The van der Waals surface area contributed by atoms with Gasteiger partial charge in [-0.3, -0.25) is 0 Å². The Kier molecular flexibility index (Phi) is 5.00. The molecule has 1 unspecified atom stereocenters. The highest BCUT2D eigenvalue weighted by atomic mass is 15.2. The van der Waals surface area contributed by atoms with Crippen LogP contribution in [0.4, 0.5) is 11.6 Å². The second kappa shape index (κ2) is 6.73. The molecule has 1 aliphatic rings. The minimum absolute atomic E-state index is 0.840. The summed E-state index contributed by atoms with van der Waals surface area (Å²) in [6, 6.07) is 0. The van der Waals surface area contributed by atoms with E-state index in [2.05, 4.69) is 41.0 Å². The number of nitrogens with zero attached hydrogens (tertiary/aromatic N) is 3. The first-order valence-corrected chi connectivity index (χ1v) is 7.62. The molecule has 0 aromatic carbocycles. The second-order valence-corrected chi connectivity index (χ2v) is 5.30. The SMILES string of the molecule is CCCC1CCN(c2ncnc(NCC)c2CC)C1. The Balaban J connectivity index is 2.18. The lowest BCUT2D eigenvalue weighted by Crippen LogP contribution is -2.23. The van der Waals surface area contributed by atoms with E-state index >= 15 is 0 Å². The summed E-state index contributed by atoms with van der Waals surface area (Å²) in [7, 11) is 0. The monoisotopic (exact) mass is 262 g/mol. The Labute approximate surface area is 116 Å². The minimum Gasteiger partial charge on any atom is -0.370 e. The zero-order chi connectivity index (χ0) is 13.7. The van der Waals surface area contributed by atoms with Crippen LogP contribution in [0.5, 0.6) is 0 Å². The lowest BCUT2D eigenvalue weighted by Gasteiger charge is -2.22. The van der Waals surface area contributed by atoms with Crippen molar-refractivity contribution in [2.75, 3.05) is 29.9 Å². The number of rotatable bonds is 6. The fraction of sp³-hybridized carbons (Fsp3) is 0.733. The minimum atomic E-state index is 0.840. The van der Waals surface area contributed by atoms with Crippen LogP contribution in [0.1, 0.15) is 45.6 Å². The molecule has 1 saturated heterocycles. The third-order valence-electron chi connectivity index (χ3n) is 3.90. The lowest BCUT2D eigenvalue weighted by molar-refractivity contribution is 0.529. The average molecular weight is 262 g/mol. The van der Waals surface area contributed by atoms with Gasteiger partial charge < -0.3 is 10.2 Å². The maximum atomic E-state index is 4.54. The van der Waals surface area contributed by atoms with Crippen molar-refractivity contribution in [1.82, 2.24) is 9.97 Å². The normalized spacial score (nSPS) is 18.9. The number of hydrogen-bond acceptors (Lipinski definition) is 4. The standard InChI is InChI=1S/C15H26N4/c1-4-7-12-8-9-19(10-12)15-13(5-2)14(16-6-3)17-11-18-15/h11-12H,4-10H2,1-3H3,(H,16,17,18). The van der Waals surface area contributed by atoms with Crippen molar-refractivity contribution in [3.8, 4) is 0 Å². The van der Waals surface area contributed by atoms with Crippen molar-refractivity contribution in [3.63, 3.8) is 0 Å². The van der Waals surface area contributed by atoms with Crippen molar-refractivity contribution >= 4 is 11.6 Å². The van der Waals surface area contributed by atoms with Crippen molar-refractivity contribution in [2.24, 2.45) is 5.92 Å². The van der Waals surface area contributed by atoms with E-state index < -0.39 is 0 Å². The van der Waals surface area contributed by atoms with Crippen molar-refractivity contribution in [2.45, 2.75) is 46.5 Å². The summed E-state index contributed by atoms with van der Waals surface area (Å²) in [6.07, 6.45) is 6.60. The molecule has 0 amide bonds. The molecule has 2 heterocycles. The summed E-state index contributed by atoms with van der Waals surface area (Å²) in [5.74, 6) is 2.99. The summed E-state index contributed by atoms with van der Waals surface area (Å²) >= 11 is 0. The van der Waals surface area contributed by atoms with Gasteiger partial charge in [0.05, 0.1) is 0 Å². The lowest BCUT2D eigenvalue weighted by atomic mass is 10.0. The highest BCUT2D eigenvalue weighted by molar-refractivity contribution is 5.59. The Morgan fingerprint density at radius 2 is 2.16 bits per heavy atom. The maximum Gasteiger partial charge on any atom is 0.137 e. The van der Waals surface area contributed by atoms with Gasteiger partial charge >= 0.3 is 0 Å². The molecule has 4 nitrogen and oxygen atoms in total. The third kappa shape index (κ3) is 3.17. The van der Waals surface area contributed by atoms with Crippen molar-refractivity contribution < 1.29 is 0 Å². The van der Waals surface area contributed by atoms with Crippen LogP contribution in [0.15, 0.2) is 6.33 Å². The predicted molar refractivity (Wildman–Crippen MR) is 80.8 cm³/mol. The van der Waals surface area contributed by atoms with E-state index in [9.17, 15) is 0 Å². The molecule has 2 rings (SSSR count). The zero-order valence-electron chi connectivity index (χ0n) is 12.4. The van der Waals surface area contributed by atoms with Crippen LogP contribution in [0, 0.1) is 5.92 Å². The molecule has 0 saturated carbocycles. The van der Waals surface area contributed by atoms with E-state index in [0.717, 1.165) is 43.6 Å². The Bertz CT molecular complexity index is 405. The first kappa shape index (κ1) is 14.1. The van der Waals surface area contributed by atoms with E-state index in [1.165, 1.54) is 24.8 Å². The molecule has 0 aliphatic carbocycles. The highest BCUT2D eigenvalue weighted by Gasteiger charge is 2.25. The van der Waals surface area contributed by atoms with Gasteiger partial charge in [-0.2, -0.15) is 0 Å². The Hall–Kier alpha value is -1.32. The topological polar surface area (TPSA) is 41.1 Å². The number of hydrogen-bond donors (Lipinski definition) is 1. The van der Waals surface area contributed by atoms with Gasteiger partial charge in [-0.15, -0.1) is 0 Å². The Morgan fingerprint density at radius 1 is 1.32 bits per heavy atom. The molecule has 1 fully saturated rings. The molecule has 1 atom stereocenters. The zero-order valence-corrected chi connectivity index (χ0v) is 12.4. The van der Waals surface area contributed by atoms with Crippen LogP contribution in [0.25, 0.3) is 0 Å². The van der Waals surface area contributed by atoms with Crippen LogP contribution in [-0.4, -0.2) is 29.6 Å². The molecule has 1 N–H and O–H groups in total. The Morgan fingerprint density at radius 3 is 2.84 bits per heavy atom. The predicted octanol–water partition coefficient (Wildman–Crippen LogP) is 3.10. The maximum absolute atomic E-state index is 4.54. The van der Waals surface area contributed by atoms with Gasteiger partial charge in [0, 0.05) is 25.2 Å². The molecule has 19 heavy (non-hydrogen) atoms. The highest BCUT2D eigenvalue weighted by Crippen LogP contribution is 2.30. The average Bonchev–Trinajstić information content (AvgIpc) is 2.88. The molecule has 1 aromatic rings. The van der Waals surface area contributed by atoms with Gasteiger partial charge in [0.25, 0.3) is 0 Å². The summed E-state index contributed by atoms with van der Waals surface area (Å²) < 4.78 is 0. The first-order chi connectivity index (χ1) is 9.30. The van der Waals surface area contributed by atoms with Gasteiger partial charge in [-0.05, 0) is 32.1 Å². The quantitative estimate of drug-likeness (QED) is 0.855. The van der Waals surface area contributed by atoms with Crippen molar-refractivity contribution in [1.29, 1.82) is 0 Å². The smallest absolute Gasteiger partial charge is 0.137 e. The summed E-state index contributed by atoms with van der Waals surface area (Å²) in [5, 5.41) is 3.35. The summed E-state index contributed by atoms with van der Waals surface area (Å²) in [4.78, 5) is 11.4. The molecular weight excluding hydrogens is 236 g/mol. The first-order valence-electron chi connectivity index (χ1n) is 7.62. The molecule has 4 heteroatoms. The van der Waals surface area contributed by atoms with Gasteiger partial charge in [0.15, 0.2) is 0 Å². The van der Waals surface area contributed by atoms with Crippen LogP contribution in [0.2, 0.25) is 0 Å². The number of anilines is 2. The van der Waals surface area contributed by atoms with Crippen LogP contribution < -0.4 is 10.2 Å². The molecule has 106 valence electrons. The van der Waals surface area contributed by atoms with Crippen LogP contribution >= 0.6 is 0 Å². The molecular formula is C15H26N4. The van der Waals surface area contributed by atoms with E-state index in [4.69, 9.17) is 0 Å².